The molecule has 1 aliphatic rings. The molecule has 172 valence electrons. The number of aryl methyl sites for hydroxylation is 1. The minimum atomic E-state index is -0.567. The van der Waals surface area contributed by atoms with Crippen LogP contribution >= 0.6 is 11.3 Å². The Labute approximate surface area is 192 Å². The van der Waals surface area contributed by atoms with Crippen molar-refractivity contribution < 1.29 is 23.9 Å². The lowest BCUT2D eigenvalue weighted by Gasteiger charge is -2.20. The Balaban J connectivity index is 1.63. The van der Waals surface area contributed by atoms with Crippen LogP contribution in [-0.2, 0) is 27.1 Å². The number of carbonyl (C=O) groups excluding carboxylic acids is 3. The zero-order valence-electron chi connectivity index (χ0n) is 18.9. The number of hydrogen-bond donors (Lipinski definition) is 1. The molecular weight excluding hydrogens is 428 g/mol. The highest BCUT2D eigenvalue weighted by Crippen LogP contribution is 2.38. The van der Waals surface area contributed by atoms with Crippen LogP contribution in [0.3, 0.4) is 0 Å². The van der Waals surface area contributed by atoms with Gasteiger partial charge in [-0.1, -0.05) is 0 Å². The quantitative estimate of drug-likeness (QED) is 0.559. The Kier molecular flexibility index (Phi) is 8.27. The van der Waals surface area contributed by atoms with Crippen LogP contribution in [0.25, 0.3) is 0 Å². The van der Waals surface area contributed by atoms with E-state index >= 15 is 0 Å². The summed E-state index contributed by atoms with van der Waals surface area (Å²) in [5, 5.41) is 3.22. The molecule has 8 heteroatoms. The minimum absolute atomic E-state index is 0.265. The standard InChI is InChI=1S/C24H30N2O5S/c1-4-26(5-2)17-13-11-16(12-14-17)23(28)31-15-20(27)25-22-21(24(29)30-6-3)18-9-7-8-10-19(18)32-22/h11-14H,4-10,15H2,1-3H3,(H,25,27). The Morgan fingerprint density at radius 1 is 0.969 bits per heavy atom. The lowest BCUT2D eigenvalue weighted by atomic mass is 9.95. The predicted octanol–water partition coefficient (Wildman–Crippen LogP) is 4.45. The first-order valence-corrected chi connectivity index (χ1v) is 11.9. The van der Waals surface area contributed by atoms with Crippen molar-refractivity contribution in [2.24, 2.45) is 0 Å². The number of ether oxygens (including phenoxy) is 2. The molecule has 1 aliphatic carbocycles. The number of thiophene rings is 1. The maximum atomic E-state index is 12.5. The van der Waals surface area contributed by atoms with E-state index in [0.29, 0.717) is 16.1 Å². The summed E-state index contributed by atoms with van der Waals surface area (Å²) in [6, 6.07) is 7.12. The number of hydrogen-bond acceptors (Lipinski definition) is 7. The summed E-state index contributed by atoms with van der Waals surface area (Å²) >= 11 is 1.41. The number of rotatable bonds is 9. The van der Waals surface area contributed by atoms with E-state index in [9.17, 15) is 14.4 Å². The fourth-order valence-electron chi connectivity index (χ4n) is 3.85. The summed E-state index contributed by atoms with van der Waals surface area (Å²) < 4.78 is 10.4. The summed E-state index contributed by atoms with van der Waals surface area (Å²) in [6.07, 6.45) is 3.76. The van der Waals surface area contributed by atoms with Crippen molar-refractivity contribution in [1.29, 1.82) is 0 Å². The van der Waals surface area contributed by atoms with Crippen molar-refractivity contribution in [3.63, 3.8) is 0 Å². The molecule has 0 saturated heterocycles. The van der Waals surface area contributed by atoms with Crippen LogP contribution in [0.1, 0.15) is 64.8 Å². The largest absolute Gasteiger partial charge is 0.462 e. The van der Waals surface area contributed by atoms with Crippen molar-refractivity contribution >= 4 is 39.9 Å². The van der Waals surface area contributed by atoms with Crippen LogP contribution in [0.5, 0.6) is 0 Å². The monoisotopic (exact) mass is 458 g/mol. The van der Waals surface area contributed by atoms with Crippen LogP contribution in [0, 0.1) is 0 Å². The zero-order chi connectivity index (χ0) is 23.1. The van der Waals surface area contributed by atoms with E-state index in [1.807, 2.05) is 12.1 Å². The van der Waals surface area contributed by atoms with E-state index in [4.69, 9.17) is 9.47 Å². The van der Waals surface area contributed by atoms with Crippen molar-refractivity contribution in [3.05, 3.63) is 45.8 Å². The summed E-state index contributed by atoms with van der Waals surface area (Å²) in [5.74, 6) is -1.47. The molecule has 1 heterocycles. The summed E-state index contributed by atoms with van der Waals surface area (Å²) in [6.45, 7) is 7.48. The normalized spacial score (nSPS) is 12.6. The first-order valence-electron chi connectivity index (χ1n) is 11.1. The highest BCUT2D eigenvalue weighted by atomic mass is 32.1. The summed E-state index contributed by atoms with van der Waals surface area (Å²) in [4.78, 5) is 40.6. The number of nitrogens with zero attached hydrogens (tertiary/aromatic N) is 1. The molecule has 1 N–H and O–H groups in total. The van der Waals surface area contributed by atoms with E-state index in [1.54, 1.807) is 19.1 Å². The Morgan fingerprint density at radius 3 is 2.31 bits per heavy atom. The maximum Gasteiger partial charge on any atom is 0.341 e. The van der Waals surface area contributed by atoms with Crippen molar-refractivity contribution in [1.82, 2.24) is 0 Å². The average Bonchev–Trinajstić information content (AvgIpc) is 3.16. The van der Waals surface area contributed by atoms with Gasteiger partial charge >= 0.3 is 11.9 Å². The molecule has 0 radical (unpaired) electrons. The van der Waals surface area contributed by atoms with Crippen LogP contribution in [0.15, 0.2) is 24.3 Å². The van der Waals surface area contributed by atoms with E-state index in [0.717, 1.165) is 54.9 Å². The molecule has 0 aliphatic heterocycles. The van der Waals surface area contributed by atoms with Gasteiger partial charge in [-0.15, -0.1) is 11.3 Å². The average molecular weight is 459 g/mol. The molecule has 1 aromatic heterocycles. The molecule has 1 amide bonds. The second kappa shape index (κ2) is 11.1. The smallest absolute Gasteiger partial charge is 0.341 e. The Hall–Kier alpha value is -2.87. The van der Waals surface area contributed by atoms with E-state index in [2.05, 4.69) is 24.1 Å². The van der Waals surface area contributed by atoms with Gasteiger partial charge in [0.15, 0.2) is 6.61 Å². The molecule has 2 aromatic rings. The fourth-order valence-corrected chi connectivity index (χ4v) is 5.14. The van der Waals surface area contributed by atoms with Gasteiger partial charge in [-0.2, -0.15) is 0 Å². The number of benzene rings is 1. The molecule has 0 unspecified atom stereocenters. The van der Waals surface area contributed by atoms with Crippen LogP contribution in [0.2, 0.25) is 0 Å². The van der Waals surface area contributed by atoms with Gasteiger partial charge < -0.3 is 19.7 Å². The molecule has 0 fully saturated rings. The number of esters is 2. The molecule has 7 nitrogen and oxygen atoms in total. The van der Waals surface area contributed by atoms with Crippen molar-refractivity contribution in [2.45, 2.75) is 46.5 Å². The van der Waals surface area contributed by atoms with Crippen LogP contribution < -0.4 is 10.2 Å². The maximum absolute atomic E-state index is 12.5. The first kappa shape index (κ1) is 23.8. The second-order valence-corrected chi connectivity index (χ2v) is 8.58. The lowest BCUT2D eigenvalue weighted by Crippen LogP contribution is -2.22. The fraction of sp³-hybridized carbons (Fsp3) is 0.458. The van der Waals surface area contributed by atoms with Crippen molar-refractivity contribution in [2.75, 3.05) is 36.5 Å². The predicted molar refractivity (Wildman–Crippen MR) is 126 cm³/mol. The van der Waals surface area contributed by atoms with Crippen LogP contribution in [0.4, 0.5) is 10.7 Å². The third-order valence-electron chi connectivity index (χ3n) is 5.47. The highest BCUT2D eigenvalue weighted by molar-refractivity contribution is 7.17. The second-order valence-electron chi connectivity index (χ2n) is 7.48. The number of nitrogens with one attached hydrogen (secondary N) is 1. The van der Waals surface area contributed by atoms with Gasteiger partial charge in [-0.05, 0) is 76.3 Å². The molecule has 1 aromatic carbocycles. The molecule has 0 atom stereocenters. The minimum Gasteiger partial charge on any atom is -0.462 e. The SMILES string of the molecule is CCOC(=O)c1c(NC(=O)COC(=O)c2ccc(N(CC)CC)cc2)sc2c1CCCC2. The van der Waals surface area contributed by atoms with Crippen molar-refractivity contribution in [3.8, 4) is 0 Å². The molecule has 0 spiro atoms. The van der Waals surface area contributed by atoms with Gasteiger partial charge in [-0.25, -0.2) is 9.59 Å². The number of amides is 1. The molecule has 0 bridgehead atoms. The first-order chi connectivity index (χ1) is 15.5. The van der Waals surface area contributed by atoms with E-state index in [1.165, 1.54) is 11.3 Å². The highest BCUT2D eigenvalue weighted by Gasteiger charge is 2.27. The van der Waals surface area contributed by atoms with Gasteiger partial charge in [0.2, 0.25) is 0 Å². The summed E-state index contributed by atoms with van der Waals surface area (Å²) in [7, 11) is 0. The molecular formula is C24H30N2O5S. The third-order valence-corrected chi connectivity index (χ3v) is 6.68. The number of fused-ring (bicyclic) bond motifs is 1. The van der Waals surface area contributed by atoms with Gasteiger partial charge in [-0.3, -0.25) is 4.79 Å². The van der Waals surface area contributed by atoms with Gasteiger partial charge in [0.1, 0.15) is 5.00 Å². The number of anilines is 2. The zero-order valence-corrected chi connectivity index (χ0v) is 19.7. The van der Waals surface area contributed by atoms with E-state index in [-0.39, 0.29) is 6.61 Å². The van der Waals surface area contributed by atoms with Gasteiger partial charge in [0, 0.05) is 23.7 Å². The van der Waals surface area contributed by atoms with Gasteiger partial charge in [0.05, 0.1) is 17.7 Å². The lowest BCUT2D eigenvalue weighted by molar-refractivity contribution is -0.119. The Bertz CT molecular complexity index is 964. The van der Waals surface area contributed by atoms with Crippen LogP contribution in [-0.4, -0.2) is 44.1 Å². The van der Waals surface area contributed by atoms with E-state index < -0.39 is 24.5 Å². The summed E-state index contributed by atoms with van der Waals surface area (Å²) in [5.41, 5.74) is 2.82. The Morgan fingerprint density at radius 2 is 1.66 bits per heavy atom. The molecule has 0 saturated carbocycles. The number of carbonyl (C=O) groups is 3. The van der Waals surface area contributed by atoms with Gasteiger partial charge in [0.25, 0.3) is 5.91 Å². The third kappa shape index (κ3) is 5.48. The molecule has 32 heavy (non-hydrogen) atoms. The topological polar surface area (TPSA) is 84.9 Å². The molecule has 3 rings (SSSR count).